The van der Waals surface area contributed by atoms with E-state index in [1.54, 1.807) is 0 Å². The maximum absolute atomic E-state index is 12.2. The molecule has 0 radical (unpaired) electrons. The molecule has 1 N–H and O–H groups in total. The molecule has 0 atom stereocenters. The first-order chi connectivity index (χ1) is 9.53. The van der Waals surface area contributed by atoms with Gasteiger partial charge in [-0.3, -0.25) is 9.59 Å². The molecule has 0 unspecified atom stereocenters. The van der Waals surface area contributed by atoms with E-state index >= 15 is 0 Å². The Kier molecular flexibility index (Phi) is 5.99. The van der Waals surface area contributed by atoms with Crippen LogP contribution in [0.3, 0.4) is 0 Å². The van der Waals surface area contributed by atoms with Crippen molar-refractivity contribution in [1.29, 1.82) is 10.5 Å². The molecule has 6 nitrogen and oxygen atoms in total. The normalized spacial score (nSPS) is 16.7. The van der Waals surface area contributed by atoms with Crippen LogP contribution in [0.1, 0.15) is 44.9 Å². The van der Waals surface area contributed by atoms with E-state index in [-0.39, 0.29) is 31.8 Å². The van der Waals surface area contributed by atoms with Crippen molar-refractivity contribution < 1.29 is 14.7 Å². The number of carbonyl (C=O) groups is 2. The van der Waals surface area contributed by atoms with Gasteiger partial charge in [-0.15, -0.1) is 0 Å². The maximum Gasteiger partial charge on any atom is 0.303 e. The van der Waals surface area contributed by atoms with Gasteiger partial charge >= 0.3 is 5.97 Å². The van der Waals surface area contributed by atoms with Gasteiger partial charge in [0.2, 0.25) is 5.91 Å². The Morgan fingerprint density at radius 2 is 1.60 bits per heavy atom. The number of amides is 1. The molecular weight excluding hydrogens is 258 g/mol. The summed E-state index contributed by atoms with van der Waals surface area (Å²) in [6.45, 7) is -0.259. The number of nitrogens with zero attached hydrogens (tertiary/aromatic N) is 3. The summed E-state index contributed by atoms with van der Waals surface area (Å²) in [5, 5.41) is 26.4. The Hall–Kier alpha value is -2.08. The van der Waals surface area contributed by atoms with Crippen molar-refractivity contribution in [3.05, 3.63) is 0 Å². The van der Waals surface area contributed by atoms with Gasteiger partial charge in [-0.25, -0.2) is 0 Å². The number of hydrogen-bond acceptors (Lipinski definition) is 4. The summed E-state index contributed by atoms with van der Waals surface area (Å²) in [5.41, 5.74) is -0.510. The summed E-state index contributed by atoms with van der Waals surface area (Å²) in [5.74, 6) is -1.19. The van der Waals surface area contributed by atoms with E-state index in [2.05, 4.69) is 0 Å². The summed E-state index contributed by atoms with van der Waals surface area (Å²) < 4.78 is 0. The van der Waals surface area contributed by atoms with Crippen LogP contribution in [0.4, 0.5) is 0 Å². The summed E-state index contributed by atoms with van der Waals surface area (Å²) in [7, 11) is 0. The maximum atomic E-state index is 12.2. The number of carbonyl (C=O) groups excluding carboxylic acids is 1. The summed E-state index contributed by atoms with van der Waals surface area (Å²) in [4.78, 5) is 24.4. The highest BCUT2D eigenvalue weighted by Crippen LogP contribution is 2.42. The molecule has 0 saturated heterocycles. The molecule has 1 amide bonds. The summed E-state index contributed by atoms with van der Waals surface area (Å²) in [6, 6.07) is 3.72. The minimum absolute atomic E-state index is 0.0221. The summed E-state index contributed by atoms with van der Waals surface area (Å²) in [6.07, 6.45) is 4.45. The van der Waals surface area contributed by atoms with Crippen LogP contribution < -0.4 is 0 Å². The smallest absolute Gasteiger partial charge is 0.303 e. The van der Waals surface area contributed by atoms with Crippen LogP contribution >= 0.6 is 0 Å². The highest BCUT2D eigenvalue weighted by Gasteiger charge is 2.37. The topological polar surface area (TPSA) is 105 Å². The molecular formula is C14H19N3O3. The lowest BCUT2D eigenvalue weighted by atomic mass is 9.69. The Morgan fingerprint density at radius 3 is 2.05 bits per heavy atom. The molecule has 108 valence electrons. The van der Waals surface area contributed by atoms with Gasteiger partial charge < -0.3 is 10.0 Å². The zero-order valence-corrected chi connectivity index (χ0v) is 11.5. The van der Waals surface area contributed by atoms with Gasteiger partial charge in [0.1, 0.15) is 13.1 Å². The lowest BCUT2D eigenvalue weighted by Gasteiger charge is -2.36. The first-order valence-electron chi connectivity index (χ1n) is 6.76. The van der Waals surface area contributed by atoms with Crippen LogP contribution in [0.15, 0.2) is 0 Å². The average molecular weight is 277 g/mol. The molecule has 0 aromatic heterocycles. The van der Waals surface area contributed by atoms with Crippen molar-refractivity contribution in [3.63, 3.8) is 0 Å². The molecule has 0 bridgehead atoms. The zero-order chi connectivity index (χ0) is 15.0. The van der Waals surface area contributed by atoms with E-state index < -0.39 is 11.4 Å². The fourth-order valence-corrected chi connectivity index (χ4v) is 2.87. The molecule has 20 heavy (non-hydrogen) atoms. The number of rotatable bonds is 6. The van der Waals surface area contributed by atoms with E-state index in [0.717, 1.165) is 32.1 Å². The Labute approximate surface area is 118 Å². The zero-order valence-electron chi connectivity index (χ0n) is 11.5. The predicted octanol–water partition coefficient (Wildman–Crippen LogP) is 1.68. The minimum atomic E-state index is -0.896. The molecule has 1 aliphatic rings. The van der Waals surface area contributed by atoms with Crippen molar-refractivity contribution >= 4 is 11.9 Å². The van der Waals surface area contributed by atoms with Gasteiger partial charge in [0.25, 0.3) is 0 Å². The Bertz CT molecular complexity index is 426. The van der Waals surface area contributed by atoms with Crippen molar-refractivity contribution in [1.82, 2.24) is 4.90 Å². The van der Waals surface area contributed by atoms with Gasteiger partial charge in [-0.05, 0) is 18.3 Å². The fourth-order valence-electron chi connectivity index (χ4n) is 2.87. The van der Waals surface area contributed by atoms with Crippen molar-refractivity contribution in [3.8, 4) is 12.1 Å². The number of nitriles is 2. The monoisotopic (exact) mass is 277 g/mol. The number of aliphatic carboxylic acids is 1. The van der Waals surface area contributed by atoms with E-state index in [1.807, 2.05) is 12.1 Å². The van der Waals surface area contributed by atoms with Gasteiger partial charge in [0.05, 0.1) is 18.6 Å². The van der Waals surface area contributed by atoms with Crippen LogP contribution in [0.2, 0.25) is 0 Å². The molecule has 1 fully saturated rings. The third kappa shape index (κ3) is 4.55. The quantitative estimate of drug-likeness (QED) is 0.743. The van der Waals surface area contributed by atoms with Gasteiger partial charge in [-0.1, -0.05) is 19.3 Å². The standard InChI is InChI=1S/C14H19N3O3/c15-6-8-17(9-7-16)12(18)10-14(11-13(19)20)4-2-1-3-5-14/h1-5,8-11H2,(H,19,20). The van der Waals surface area contributed by atoms with Crippen molar-refractivity contribution in [2.24, 2.45) is 5.41 Å². The molecule has 0 aromatic rings. The third-order valence-corrected chi connectivity index (χ3v) is 3.84. The fraction of sp³-hybridized carbons (Fsp3) is 0.714. The third-order valence-electron chi connectivity index (χ3n) is 3.84. The van der Waals surface area contributed by atoms with E-state index in [9.17, 15) is 9.59 Å². The lowest BCUT2D eigenvalue weighted by Crippen LogP contribution is -2.38. The highest BCUT2D eigenvalue weighted by molar-refractivity contribution is 5.78. The number of hydrogen-bond donors (Lipinski definition) is 1. The van der Waals surface area contributed by atoms with E-state index in [1.165, 1.54) is 4.90 Å². The molecule has 1 saturated carbocycles. The molecule has 6 heteroatoms. The van der Waals surface area contributed by atoms with Crippen LogP contribution in [0, 0.1) is 28.1 Å². The summed E-state index contributed by atoms with van der Waals surface area (Å²) >= 11 is 0. The molecule has 0 heterocycles. The SMILES string of the molecule is N#CCN(CC#N)C(=O)CC1(CC(=O)O)CCCCC1. The predicted molar refractivity (Wildman–Crippen MR) is 70.2 cm³/mol. The van der Waals surface area contributed by atoms with Gasteiger partial charge in [-0.2, -0.15) is 10.5 Å². The molecule has 0 spiro atoms. The molecule has 0 aliphatic heterocycles. The number of carboxylic acid groups (broad SMARTS) is 1. The van der Waals surface area contributed by atoms with Crippen LogP contribution in [0.5, 0.6) is 0 Å². The van der Waals surface area contributed by atoms with Crippen LogP contribution in [-0.4, -0.2) is 35.0 Å². The second-order valence-electron chi connectivity index (χ2n) is 5.37. The second-order valence-corrected chi connectivity index (χ2v) is 5.37. The Morgan fingerprint density at radius 1 is 1.05 bits per heavy atom. The van der Waals surface area contributed by atoms with E-state index in [4.69, 9.17) is 15.6 Å². The second kappa shape index (κ2) is 7.49. The van der Waals surface area contributed by atoms with Crippen LogP contribution in [0.25, 0.3) is 0 Å². The largest absolute Gasteiger partial charge is 0.481 e. The van der Waals surface area contributed by atoms with E-state index in [0.29, 0.717) is 0 Å². The molecule has 1 aliphatic carbocycles. The van der Waals surface area contributed by atoms with Crippen LogP contribution in [-0.2, 0) is 9.59 Å². The number of carboxylic acids is 1. The van der Waals surface area contributed by atoms with Gasteiger partial charge in [0.15, 0.2) is 0 Å². The lowest BCUT2D eigenvalue weighted by molar-refractivity contribution is -0.142. The highest BCUT2D eigenvalue weighted by atomic mass is 16.4. The average Bonchev–Trinajstić information content (AvgIpc) is 2.38. The van der Waals surface area contributed by atoms with Crippen molar-refractivity contribution in [2.45, 2.75) is 44.9 Å². The van der Waals surface area contributed by atoms with Gasteiger partial charge in [0, 0.05) is 6.42 Å². The molecule has 1 rings (SSSR count). The first-order valence-corrected chi connectivity index (χ1v) is 6.76. The van der Waals surface area contributed by atoms with Crippen molar-refractivity contribution in [2.75, 3.05) is 13.1 Å². The Balaban J connectivity index is 2.78. The first kappa shape index (κ1) is 16.0. The minimum Gasteiger partial charge on any atom is -0.481 e. The molecule has 0 aromatic carbocycles.